The smallest absolute Gasteiger partial charge is 0.0406 e. The molecule has 0 aromatic heterocycles. The Hall–Kier alpha value is -4.60. The largest absolute Gasteiger partial charge is 0.0622 e. The van der Waals surface area contributed by atoms with Gasteiger partial charge in [-0.05, 0) is 80.0 Å². The van der Waals surface area contributed by atoms with Gasteiger partial charge in [0, 0.05) is 16.5 Å². The lowest BCUT2D eigenvalue weighted by atomic mass is 9.81. The second-order valence-electron chi connectivity index (χ2n) is 10.9. The summed E-state index contributed by atoms with van der Waals surface area (Å²) in [5.74, 6) is 6.98. The maximum absolute atomic E-state index is 3.56. The number of fused-ring (bicyclic) bond motifs is 5. The molecule has 0 saturated heterocycles. The number of rotatable bonds is 1. The first-order chi connectivity index (χ1) is 18.5. The summed E-state index contributed by atoms with van der Waals surface area (Å²) < 4.78 is 0. The molecule has 0 N–H and O–H groups in total. The van der Waals surface area contributed by atoms with Crippen molar-refractivity contribution in [2.45, 2.75) is 26.2 Å². The predicted octanol–water partition coefficient (Wildman–Crippen LogP) is 9.67. The zero-order valence-corrected chi connectivity index (χ0v) is 22.0. The van der Waals surface area contributed by atoms with Crippen molar-refractivity contribution < 1.29 is 0 Å². The zero-order valence-electron chi connectivity index (χ0n) is 22.0. The molecule has 0 nitrogen and oxygen atoms in total. The van der Waals surface area contributed by atoms with E-state index in [0.717, 1.165) is 11.1 Å². The summed E-state index contributed by atoms with van der Waals surface area (Å²) in [7, 11) is 0. The molecule has 0 aliphatic heterocycles. The number of hydrogen-bond acceptors (Lipinski definition) is 0. The third-order valence-electron chi connectivity index (χ3n) is 8.16. The molecular weight excluding hydrogens is 456 g/mol. The van der Waals surface area contributed by atoms with Crippen LogP contribution < -0.4 is 0 Å². The van der Waals surface area contributed by atoms with Crippen molar-refractivity contribution >= 4 is 21.5 Å². The molecule has 0 amide bonds. The van der Waals surface area contributed by atoms with E-state index in [-0.39, 0.29) is 5.41 Å². The Balaban J connectivity index is 1.54. The van der Waals surface area contributed by atoms with Crippen LogP contribution in [0.5, 0.6) is 0 Å². The average Bonchev–Trinajstić information content (AvgIpc) is 3.17. The minimum Gasteiger partial charge on any atom is -0.0622 e. The summed E-state index contributed by atoms with van der Waals surface area (Å²) >= 11 is 0. The van der Waals surface area contributed by atoms with E-state index in [9.17, 15) is 0 Å². The first-order valence-corrected chi connectivity index (χ1v) is 13.3. The van der Waals surface area contributed by atoms with Gasteiger partial charge in [0.2, 0.25) is 0 Å². The summed E-state index contributed by atoms with van der Waals surface area (Å²) in [6.07, 6.45) is 0. The third kappa shape index (κ3) is 3.40. The maximum atomic E-state index is 3.56. The summed E-state index contributed by atoms with van der Waals surface area (Å²) in [5.41, 5.74) is 11.4. The van der Waals surface area contributed by atoms with E-state index in [1.165, 1.54) is 60.5 Å². The van der Waals surface area contributed by atoms with E-state index in [2.05, 4.69) is 130 Å². The number of hydrogen-bond donors (Lipinski definition) is 0. The van der Waals surface area contributed by atoms with Crippen LogP contribution in [0.2, 0.25) is 0 Å². The summed E-state index contributed by atoms with van der Waals surface area (Å²) in [4.78, 5) is 0. The Bertz CT molecular complexity index is 1940. The predicted molar refractivity (Wildman–Crippen MR) is 162 cm³/mol. The standard InChI is InChI=1S/C38H28/c1-25-17-20-30-29(21-18-26-11-5-4-6-12-26)28-13-7-8-15-32(28)37(34(30)23-25)27-19-22-36-33(24-27)31-14-9-10-16-35(31)38(36,2)3/h4-17,19-20,22-24H,1-3H3. The van der Waals surface area contributed by atoms with E-state index < -0.39 is 0 Å². The molecule has 0 spiro atoms. The van der Waals surface area contributed by atoms with Gasteiger partial charge >= 0.3 is 0 Å². The highest BCUT2D eigenvalue weighted by Gasteiger charge is 2.35. The third-order valence-corrected chi connectivity index (χ3v) is 8.16. The summed E-state index contributed by atoms with van der Waals surface area (Å²) in [6, 6.07) is 41.8. The van der Waals surface area contributed by atoms with Crippen molar-refractivity contribution in [3.63, 3.8) is 0 Å². The van der Waals surface area contributed by atoms with Crippen LogP contribution in [0.4, 0.5) is 0 Å². The van der Waals surface area contributed by atoms with E-state index in [4.69, 9.17) is 0 Å². The van der Waals surface area contributed by atoms with Gasteiger partial charge in [-0.1, -0.05) is 128 Å². The molecule has 1 aliphatic rings. The van der Waals surface area contributed by atoms with Crippen LogP contribution in [0.3, 0.4) is 0 Å². The molecule has 0 radical (unpaired) electrons. The Morgan fingerprint density at radius 1 is 0.526 bits per heavy atom. The highest BCUT2D eigenvalue weighted by atomic mass is 14.4. The van der Waals surface area contributed by atoms with Crippen LogP contribution in [0, 0.1) is 18.8 Å². The topological polar surface area (TPSA) is 0 Å². The number of aryl methyl sites for hydroxylation is 1. The number of benzene rings is 6. The molecule has 0 unspecified atom stereocenters. The quantitative estimate of drug-likeness (QED) is 0.161. The van der Waals surface area contributed by atoms with Crippen LogP contribution in [0.1, 0.15) is 41.7 Å². The van der Waals surface area contributed by atoms with Crippen LogP contribution in [0.15, 0.2) is 115 Å². The first kappa shape index (κ1) is 22.6. The highest BCUT2D eigenvalue weighted by Crippen LogP contribution is 2.50. The lowest BCUT2D eigenvalue weighted by Gasteiger charge is -2.21. The van der Waals surface area contributed by atoms with E-state index in [0.29, 0.717) is 0 Å². The van der Waals surface area contributed by atoms with Gasteiger partial charge in [-0.25, -0.2) is 0 Å². The van der Waals surface area contributed by atoms with Gasteiger partial charge in [-0.3, -0.25) is 0 Å². The summed E-state index contributed by atoms with van der Waals surface area (Å²) in [6.45, 7) is 6.85. The fourth-order valence-corrected chi connectivity index (χ4v) is 6.27. The van der Waals surface area contributed by atoms with Gasteiger partial charge < -0.3 is 0 Å². The monoisotopic (exact) mass is 484 g/mol. The van der Waals surface area contributed by atoms with Gasteiger partial charge in [0.15, 0.2) is 0 Å². The summed E-state index contributed by atoms with van der Waals surface area (Å²) in [5, 5.41) is 4.90. The normalized spacial score (nSPS) is 13.1. The van der Waals surface area contributed by atoms with Crippen molar-refractivity contribution in [3.05, 3.63) is 143 Å². The molecule has 0 bridgehead atoms. The lowest BCUT2D eigenvalue weighted by Crippen LogP contribution is -2.14. The average molecular weight is 485 g/mol. The molecule has 0 saturated carbocycles. The van der Waals surface area contributed by atoms with Crippen LogP contribution >= 0.6 is 0 Å². The molecule has 6 aromatic carbocycles. The second kappa shape index (κ2) is 8.47. The molecule has 0 heteroatoms. The van der Waals surface area contributed by atoms with Crippen molar-refractivity contribution in [3.8, 4) is 34.1 Å². The van der Waals surface area contributed by atoms with E-state index in [1.807, 2.05) is 18.2 Å². The Labute approximate surface area is 224 Å². The minimum absolute atomic E-state index is 0.00205. The first-order valence-electron chi connectivity index (χ1n) is 13.3. The molecule has 0 heterocycles. The maximum Gasteiger partial charge on any atom is 0.0406 e. The molecular formula is C38H28. The Morgan fingerprint density at radius 2 is 1.21 bits per heavy atom. The molecule has 7 rings (SSSR count). The SMILES string of the molecule is Cc1ccc2c(C#Cc3ccccc3)c3ccccc3c(-c3ccc4c(c3)-c3ccccc3C4(C)C)c2c1. The van der Waals surface area contributed by atoms with Crippen LogP contribution in [0.25, 0.3) is 43.8 Å². The van der Waals surface area contributed by atoms with E-state index in [1.54, 1.807) is 0 Å². The van der Waals surface area contributed by atoms with Gasteiger partial charge in [-0.15, -0.1) is 0 Å². The molecule has 0 atom stereocenters. The fourth-order valence-electron chi connectivity index (χ4n) is 6.27. The fraction of sp³-hybridized carbons (Fsp3) is 0.105. The van der Waals surface area contributed by atoms with E-state index >= 15 is 0 Å². The highest BCUT2D eigenvalue weighted by molar-refractivity contribution is 6.16. The van der Waals surface area contributed by atoms with Gasteiger partial charge in [0.25, 0.3) is 0 Å². The Morgan fingerprint density at radius 3 is 2.05 bits per heavy atom. The van der Waals surface area contributed by atoms with Crippen molar-refractivity contribution in [1.29, 1.82) is 0 Å². The molecule has 180 valence electrons. The molecule has 0 fully saturated rings. The second-order valence-corrected chi connectivity index (χ2v) is 10.9. The van der Waals surface area contributed by atoms with Gasteiger partial charge in [-0.2, -0.15) is 0 Å². The molecule has 6 aromatic rings. The van der Waals surface area contributed by atoms with Crippen LogP contribution in [-0.2, 0) is 5.41 Å². The molecule has 1 aliphatic carbocycles. The lowest BCUT2D eigenvalue weighted by molar-refractivity contribution is 0.660. The zero-order chi connectivity index (χ0) is 25.9. The molecule has 38 heavy (non-hydrogen) atoms. The van der Waals surface area contributed by atoms with Crippen molar-refractivity contribution in [1.82, 2.24) is 0 Å². The van der Waals surface area contributed by atoms with Gasteiger partial charge in [0.1, 0.15) is 0 Å². The van der Waals surface area contributed by atoms with Gasteiger partial charge in [0.05, 0.1) is 0 Å². The minimum atomic E-state index is 0.00205. The van der Waals surface area contributed by atoms with Crippen molar-refractivity contribution in [2.75, 3.05) is 0 Å². The van der Waals surface area contributed by atoms with Crippen molar-refractivity contribution in [2.24, 2.45) is 0 Å². The Kier molecular flexibility index (Phi) is 5.04. The van der Waals surface area contributed by atoms with Crippen LogP contribution in [-0.4, -0.2) is 0 Å².